The Bertz CT molecular complexity index is 704. The molecule has 1 aromatic carbocycles. The van der Waals surface area contributed by atoms with Gasteiger partial charge in [0.15, 0.2) is 0 Å². The molecule has 0 saturated carbocycles. The van der Waals surface area contributed by atoms with Crippen molar-refractivity contribution in [2.45, 2.75) is 45.3 Å². The number of halogens is 1. The van der Waals surface area contributed by atoms with Crippen molar-refractivity contribution in [3.63, 3.8) is 0 Å². The molecule has 154 valence electrons. The summed E-state index contributed by atoms with van der Waals surface area (Å²) in [5.41, 5.74) is 8.04. The summed E-state index contributed by atoms with van der Waals surface area (Å²) in [5, 5.41) is 2.80. The van der Waals surface area contributed by atoms with Gasteiger partial charge in [-0.05, 0) is 49.4 Å². The van der Waals surface area contributed by atoms with E-state index in [-0.39, 0.29) is 30.5 Å². The fourth-order valence-electron chi connectivity index (χ4n) is 3.11. The molecule has 8 heteroatoms. The predicted molar refractivity (Wildman–Crippen MR) is 112 cm³/mol. The van der Waals surface area contributed by atoms with Crippen molar-refractivity contribution in [1.29, 1.82) is 0 Å². The molecule has 0 spiro atoms. The van der Waals surface area contributed by atoms with E-state index >= 15 is 0 Å². The van der Waals surface area contributed by atoms with Gasteiger partial charge in [0.05, 0.1) is 11.8 Å². The molecule has 1 fully saturated rings. The molecule has 1 aliphatic rings. The van der Waals surface area contributed by atoms with Crippen LogP contribution >= 0.6 is 12.4 Å². The van der Waals surface area contributed by atoms with Crippen LogP contribution in [-0.4, -0.2) is 50.4 Å². The molecule has 3 N–H and O–H groups in total. The van der Waals surface area contributed by atoms with Gasteiger partial charge in [0, 0.05) is 19.3 Å². The van der Waals surface area contributed by atoms with E-state index < -0.39 is 15.9 Å². The number of carbonyl (C=O) groups excluding carboxylic acids is 1. The second-order valence-electron chi connectivity index (χ2n) is 7.52. The number of hydrogen-bond donors (Lipinski definition) is 2. The van der Waals surface area contributed by atoms with Crippen LogP contribution in [0.4, 0.5) is 0 Å². The molecule has 0 radical (unpaired) electrons. The van der Waals surface area contributed by atoms with Crippen molar-refractivity contribution >= 4 is 28.2 Å². The Kier molecular flexibility index (Phi) is 9.73. The number of amides is 1. The zero-order valence-corrected chi connectivity index (χ0v) is 17.8. The van der Waals surface area contributed by atoms with Crippen LogP contribution < -0.4 is 11.1 Å². The van der Waals surface area contributed by atoms with Crippen molar-refractivity contribution in [2.75, 3.05) is 25.1 Å². The molecule has 27 heavy (non-hydrogen) atoms. The Hall–Kier alpha value is -1.15. The van der Waals surface area contributed by atoms with E-state index in [1.807, 2.05) is 12.1 Å². The largest absolute Gasteiger partial charge is 0.351 e. The number of rotatable bonds is 8. The lowest BCUT2D eigenvalue weighted by atomic mass is 9.98. The van der Waals surface area contributed by atoms with Gasteiger partial charge in [-0.2, -0.15) is 0 Å². The number of carbonyl (C=O) groups is 1. The van der Waals surface area contributed by atoms with Crippen LogP contribution in [-0.2, 0) is 27.7 Å². The van der Waals surface area contributed by atoms with Gasteiger partial charge in [-0.1, -0.05) is 31.2 Å². The van der Waals surface area contributed by atoms with E-state index in [1.54, 1.807) is 0 Å². The number of piperidine rings is 1. The summed E-state index contributed by atoms with van der Waals surface area (Å²) in [4.78, 5) is 14.5. The highest BCUT2D eigenvalue weighted by Crippen LogP contribution is 2.18. The minimum absolute atomic E-state index is 0. The van der Waals surface area contributed by atoms with Crippen LogP contribution in [0, 0.1) is 5.92 Å². The molecule has 1 atom stereocenters. The van der Waals surface area contributed by atoms with Gasteiger partial charge in [-0.25, -0.2) is 8.42 Å². The van der Waals surface area contributed by atoms with E-state index in [9.17, 15) is 13.2 Å². The average molecular weight is 418 g/mol. The number of nitrogens with one attached hydrogen (secondary N) is 1. The van der Waals surface area contributed by atoms with E-state index in [4.69, 9.17) is 5.73 Å². The van der Waals surface area contributed by atoms with Crippen molar-refractivity contribution in [3.8, 4) is 0 Å². The van der Waals surface area contributed by atoms with Gasteiger partial charge in [0.2, 0.25) is 5.91 Å². The van der Waals surface area contributed by atoms with Crippen molar-refractivity contribution in [1.82, 2.24) is 10.2 Å². The average Bonchev–Trinajstić information content (AvgIpc) is 2.59. The lowest BCUT2D eigenvalue weighted by molar-refractivity contribution is -0.122. The number of benzene rings is 1. The standard InChI is InChI=1S/C19H31N3O3S.ClH/c1-15-6-9-22(10-7-15)14-17-5-3-4-16(12-17)13-21-19(23)18(20)8-11-26(2,24)25;/h3-5,12,15,18H,6-11,13-14,20H2,1-2H3,(H,21,23);1H. The monoisotopic (exact) mass is 417 g/mol. The van der Waals surface area contributed by atoms with Gasteiger partial charge in [0.1, 0.15) is 9.84 Å². The van der Waals surface area contributed by atoms with E-state index in [1.165, 1.54) is 18.4 Å². The second-order valence-corrected chi connectivity index (χ2v) is 9.78. The molecule has 1 amide bonds. The first-order valence-corrected chi connectivity index (χ1v) is 11.3. The fourth-order valence-corrected chi connectivity index (χ4v) is 3.79. The lowest BCUT2D eigenvalue weighted by Gasteiger charge is -2.30. The highest BCUT2D eigenvalue weighted by molar-refractivity contribution is 7.90. The van der Waals surface area contributed by atoms with Gasteiger partial charge < -0.3 is 11.1 Å². The van der Waals surface area contributed by atoms with Crippen LogP contribution in [0.15, 0.2) is 24.3 Å². The first kappa shape index (κ1) is 23.9. The van der Waals surface area contributed by atoms with Crippen LogP contribution in [0.25, 0.3) is 0 Å². The third-order valence-corrected chi connectivity index (χ3v) is 5.85. The summed E-state index contributed by atoms with van der Waals surface area (Å²) in [6.07, 6.45) is 3.78. The van der Waals surface area contributed by atoms with Crippen molar-refractivity contribution < 1.29 is 13.2 Å². The first-order valence-electron chi connectivity index (χ1n) is 9.24. The minimum atomic E-state index is -3.11. The van der Waals surface area contributed by atoms with Gasteiger partial charge in [-0.15, -0.1) is 12.4 Å². The molecular weight excluding hydrogens is 386 g/mol. The van der Waals surface area contributed by atoms with Crippen LogP contribution in [0.1, 0.15) is 37.3 Å². The maximum atomic E-state index is 12.0. The zero-order chi connectivity index (χ0) is 19.2. The molecule has 1 aromatic rings. The quantitative estimate of drug-likeness (QED) is 0.671. The number of sulfone groups is 1. The molecule has 6 nitrogen and oxygen atoms in total. The van der Waals surface area contributed by atoms with Gasteiger partial charge >= 0.3 is 0 Å². The Balaban J connectivity index is 0.00000364. The summed E-state index contributed by atoms with van der Waals surface area (Å²) in [7, 11) is -3.11. The number of nitrogens with zero attached hydrogens (tertiary/aromatic N) is 1. The molecule has 0 aromatic heterocycles. The van der Waals surface area contributed by atoms with Gasteiger partial charge in [-0.3, -0.25) is 9.69 Å². The van der Waals surface area contributed by atoms with Crippen molar-refractivity contribution in [3.05, 3.63) is 35.4 Å². The molecule has 0 aliphatic carbocycles. The molecule has 1 aliphatic heterocycles. The fraction of sp³-hybridized carbons (Fsp3) is 0.632. The maximum Gasteiger partial charge on any atom is 0.237 e. The van der Waals surface area contributed by atoms with E-state index in [2.05, 4.69) is 29.3 Å². The molecule has 1 heterocycles. The Labute approximate surface area is 169 Å². The number of nitrogens with two attached hydrogens (primary N) is 1. The summed E-state index contributed by atoms with van der Waals surface area (Å²) in [6.45, 7) is 5.91. The molecule has 0 bridgehead atoms. The Morgan fingerprint density at radius 1 is 1.30 bits per heavy atom. The normalized spacial score (nSPS) is 17.1. The molecular formula is C19H32ClN3O3S. The van der Waals surface area contributed by atoms with Crippen LogP contribution in [0.2, 0.25) is 0 Å². The second kappa shape index (κ2) is 11.0. The Morgan fingerprint density at radius 3 is 2.56 bits per heavy atom. The summed E-state index contributed by atoms with van der Waals surface area (Å²) in [5.74, 6) is 0.426. The highest BCUT2D eigenvalue weighted by Gasteiger charge is 2.17. The first-order chi connectivity index (χ1) is 12.2. The Morgan fingerprint density at radius 2 is 1.93 bits per heavy atom. The molecule has 1 unspecified atom stereocenters. The zero-order valence-electron chi connectivity index (χ0n) is 16.2. The SMILES string of the molecule is CC1CCN(Cc2cccc(CNC(=O)C(N)CCS(C)(=O)=O)c2)CC1.Cl. The smallest absolute Gasteiger partial charge is 0.237 e. The predicted octanol–water partition coefficient (Wildman–Crippen LogP) is 1.72. The number of hydrogen-bond acceptors (Lipinski definition) is 5. The lowest BCUT2D eigenvalue weighted by Crippen LogP contribution is -2.41. The highest BCUT2D eigenvalue weighted by atomic mass is 35.5. The summed E-state index contributed by atoms with van der Waals surface area (Å²) in [6, 6.07) is 7.40. The molecule has 1 saturated heterocycles. The van der Waals surface area contributed by atoms with Crippen LogP contribution in [0.3, 0.4) is 0 Å². The maximum absolute atomic E-state index is 12.0. The van der Waals surface area contributed by atoms with E-state index in [0.717, 1.165) is 37.4 Å². The van der Waals surface area contributed by atoms with E-state index in [0.29, 0.717) is 6.54 Å². The summed E-state index contributed by atoms with van der Waals surface area (Å²) >= 11 is 0. The minimum Gasteiger partial charge on any atom is -0.351 e. The topological polar surface area (TPSA) is 92.5 Å². The summed E-state index contributed by atoms with van der Waals surface area (Å²) < 4.78 is 22.3. The van der Waals surface area contributed by atoms with Crippen molar-refractivity contribution in [2.24, 2.45) is 11.7 Å². The third kappa shape index (κ3) is 9.06. The van der Waals surface area contributed by atoms with Crippen LogP contribution in [0.5, 0.6) is 0 Å². The van der Waals surface area contributed by atoms with Gasteiger partial charge in [0.25, 0.3) is 0 Å². The third-order valence-electron chi connectivity index (χ3n) is 4.88. The molecule has 2 rings (SSSR count). The number of likely N-dealkylation sites (tertiary alicyclic amines) is 1.